The van der Waals surface area contributed by atoms with Gasteiger partial charge in [0, 0.05) is 17.6 Å². The van der Waals surface area contributed by atoms with Crippen LogP contribution < -0.4 is 11.1 Å². The van der Waals surface area contributed by atoms with Crippen LogP contribution in [-0.4, -0.2) is 18.5 Å². The number of primary amides is 1. The van der Waals surface area contributed by atoms with Crippen molar-refractivity contribution < 1.29 is 4.79 Å². The quantitative estimate of drug-likeness (QED) is 0.871. The molecule has 3 N–H and O–H groups in total. The van der Waals surface area contributed by atoms with Crippen LogP contribution in [0.25, 0.3) is 0 Å². The summed E-state index contributed by atoms with van der Waals surface area (Å²) < 4.78 is 0. The molecule has 1 aromatic carbocycles. The van der Waals surface area contributed by atoms with E-state index in [4.69, 9.17) is 17.3 Å². The Labute approximate surface area is 119 Å². The van der Waals surface area contributed by atoms with Gasteiger partial charge >= 0.3 is 0 Å². The van der Waals surface area contributed by atoms with Crippen molar-refractivity contribution in [1.29, 1.82) is 0 Å². The number of amides is 1. The second-order valence-electron chi connectivity index (χ2n) is 6.02. The molecule has 0 unspecified atom stereocenters. The molecule has 0 radical (unpaired) electrons. The molecule has 1 amide bonds. The van der Waals surface area contributed by atoms with Crippen molar-refractivity contribution >= 4 is 17.5 Å². The first-order chi connectivity index (χ1) is 8.90. The monoisotopic (exact) mass is 280 g/mol. The topological polar surface area (TPSA) is 55.1 Å². The van der Waals surface area contributed by atoms with Gasteiger partial charge in [-0.25, -0.2) is 0 Å². The zero-order valence-electron chi connectivity index (χ0n) is 11.4. The van der Waals surface area contributed by atoms with E-state index < -0.39 is 5.41 Å². The molecule has 1 aliphatic carbocycles. The van der Waals surface area contributed by atoms with E-state index in [1.54, 1.807) is 0 Å². The van der Waals surface area contributed by atoms with Gasteiger partial charge in [-0.2, -0.15) is 0 Å². The summed E-state index contributed by atoms with van der Waals surface area (Å²) in [5.74, 6) is 0.268. The van der Waals surface area contributed by atoms with Crippen LogP contribution in [-0.2, 0) is 4.79 Å². The maximum absolute atomic E-state index is 11.2. The van der Waals surface area contributed by atoms with E-state index in [-0.39, 0.29) is 5.91 Å². The number of hydrogen-bond donors (Lipinski definition) is 2. The van der Waals surface area contributed by atoms with Crippen molar-refractivity contribution in [2.45, 2.75) is 38.6 Å². The van der Waals surface area contributed by atoms with E-state index in [1.807, 2.05) is 32.0 Å². The van der Waals surface area contributed by atoms with Crippen molar-refractivity contribution in [2.24, 2.45) is 11.1 Å². The Kier molecular flexibility index (Phi) is 4.16. The molecule has 104 valence electrons. The molecule has 1 saturated carbocycles. The van der Waals surface area contributed by atoms with Crippen LogP contribution in [0.15, 0.2) is 24.3 Å². The second kappa shape index (κ2) is 5.51. The Bertz CT molecular complexity index is 467. The highest BCUT2D eigenvalue weighted by Gasteiger charge is 2.33. The molecular formula is C15H21ClN2O. The van der Waals surface area contributed by atoms with Crippen LogP contribution in [0.4, 0.5) is 0 Å². The van der Waals surface area contributed by atoms with Crippen LogP contribution in [0.5, 0.6) is 0 Å². The van der Waals surface area contributed by atoms with Gasteiger partial charge in [0.1, 0.15) is 0 Å². The first kappa shape index (κ1) is 14.4. The third kappa shape index (κ3) is 3.28. The Balaban J connectivity index is 1.81. The van der Waals surface area contributed by atoms with Crippen molar-refractivity contribution in [3.05, 3.63) is 34.9 Å². The molecule has 0 bridgehead atoms. The molecule has 1 aliphatic rings. The van der Waals surface area contributed by atoms with Gasteiger partial charge in [-0.05, 0) is 44.2 Å². The number of halogens is 1. The second-order valence-corrected chi connectivity index (χ2v) is 6.42. The number of rotatable bonds is 5. The van der Waals surface area contributed by atoms with E-state index in [0.29, 0.717) is 18.5 Å². The zero-order chi connectivity index (χ0) is 14.0. The van der Waals surface area contributed by atoms with E-state index in [2.05, 4.69) is 11.4 Å². The van der Waals surface area contributed by atoms with Crippen molar-refractivity contribution in [1.82, 2.24) is 5.32 Å². The van der Waals surface area contributed by atoms with Crippen LogP contribution >= 0.6 is 11.6 Å². The molecule has 0 aromatic heterocycles. The summed E-state index contributed by atoms with van der Waals surface area (Å²) in [6.07, 6.45) is 2.14. The third-order valence-electron chi connectivity index (χ3n) is 3.98. The highest BCUT2D eigenvalue weighted by Crippen LogP contribution is 2.40. The highest BCUT2D eigenvalue weighted by atomic mass is 35.5. The minimum Gasteiger partial charge on any atom is -0.369 e. The summed E-state index contributed by atoms with van der Waals surface area (Å²) in [7, 11) is 0. The van der Waals surface area contributed by atoms with E-state index >= 15 is 0 Å². The first-order valence-electron chi connectivity index (χ1n) is 6.68. The summed E-state index contributed by atoms with van der Waals surface area (Å²) in [6.45, 7) is 4.36. The maximum atomic E-state index is 11.2. The number of benzene rings is 1. The van der Waals surface area contributed by atoms with E-state index in [0.717, 1.165) is 17.9 Å². The van der Waals surface area contributed by atoms with Crippen LogP contribution in [0.3, 0.4) is 0 Å². The molecule has 1 fully saturated rings. The van der Waals surface area contributed by atoms with Gasteiger partial charge < -0.3 is 11.1 Å². The molecule has 1 aromatic rings. The van der Waals surface area contributed by atoms with Gasteiger partial charge in [-0.15, -0.1) is 0 Å². The minimum absolute atomic E-state index is 0.262. The molecule has 4 heteroatoms. The van der Waals surface area contributed by atoms with E-state index in [1.165, 1.54) is 5.56 Å². The SMILES string of the molecule is CC(C)(CNC1CC(c2ccccc2Cl)C1)C(N)=O. The lowest BCUT2D eigenvalue weighted by Gasteiger charge is -2.38. The Hall–Kier alpha value is -1.06. The lowest BCUT2D eigenvalue weighted by atomic mass is 9.75. The number of nitrogens with one attached hydrogen (secondary N) is 1. The van der Waals surface area contributed by atoms with Gasteiger partial charge in [-0.1, -0.05) is 29.8 Å². The smallest absolute Gasteiger partial charge is 0.224 e. The van der Waals surface area contributed by atoms with Crippen molar-refractivity contribution in [3.8, 4) is 0 Å². The fraction of sp³-hybridized carbons (Fsp3) is 0.533. The fourth-order valence-electron chi connectivity index (χ4n) is 2.33. The molecular weight excluding hydrogens is 260 g/mol. The maximum Gasteiger partial charge on any atom is 0.224 e. The first-order valence-corrected chi connectivity index (χ1v) is 7.05. The Morgan fingerprint density at radius 1 is 1.42 bits per heavy atom. The average Bonchev–Trinajstić information content (AvgIpc) is 2.29. The number of carbonyl (C=O) groups excluding carboxylic acids is 1. The molecule has 0 aliphatic heterocycles. The number of carbonyl (C=O) groups is 1. The summed E-state index contributed by atoms with van der Waals surface area (Å²) in [6, 6.07) is 8.47. The molecule has 0 spiro atoms. The van der Waals surface area contributed by atoms with Crippen LogP contribution in [0.1, 0.15) is 38.2 Å². The van der Waals surface area contributed by atoms with Crippen LogP contribution in [0, 0.1) is 5.41 Å². The molecule has 0 heterocycles. The van der Waals surface area contributed by atoms with E-state index in [9.17, 15) is 4.79 Å². The molecule has 0 atom stereocenters. The van der Waals surface area contributed by atoms with Crippen molar-refractivity contribution in [2.75, 3.05) is 6.54 Å². The summed E-state index contributed by atoms with van der Waals surface area (Å²) in [5, 5.41) is 4.27. The Morgan fingerprint density at radius 2 is 2.05 bits per heavy atom. The highest BCUT2D eigenvalue weighted by molar-refractivity contribution is 6.31. The van der Waals surface area contributed by atoms with Crippen LogP contribution in [0.2, 0.25) is 5.02 Å². The number of hydrogen-bond acceptors (Lipinski definition) is 2. The lowest BCUT2D eigenvalue weighted by Crippen LogP contribution is -2.47. The normalized spacial score (nSPS) is 22.9. The largest absolute Gasteiger partial charge is 0.369 e. The predicted octanol–water partition coefficient (Wildman–Crippen LogP) is 2.69. The Morgan fingerprint density at radius 3 is 2.63 bits per heavy atom. The molecule has 0 saturated heterocycles. The van der Waals surface area contributed by atoms with Gasteiger partial charge in [0.2, 0.25) is 5.91 Å². The minimum atomic E-state index is -0.491. The van der Waals surface area contributed by atoms with Gasteiger partial charge in [-0.3, -0.25) is 4.79 Å². The van der Waals surface area contributed by atoms with Gasteiger partial charge in [0.25, 0.3) is 0 Å². The summed E-state index contributed by atoms with van der Waals surface area (Å²) >= 11 is 6.19. The van der Waals surface area contributed by atoms with Gasteiger partial charge in [0.05, 0.1) is 5.41 Å². The molecule has 2 rings (SSSR count). The average molecular weight is 281 g/mol. The molecule has 19 heavy (non-hydrogen) atoms. The standard InChI is InChI=1S/C15H21ClN2O/c1-15(2,14(17)19)9-18-11-7-10(8-11)12-5-3-4-6-13(12)16/h3-6,10-11,18H,7-9H2,1-2H3,(H2,17,19). The van der Waals surface area contributed by atoms with Crippen molar-refractivity contribution in [3.63, 3.8) is 0 Å². The summed E-state index contributed by atoms with van der Waals surface area (Å²) in [5.41, 5.74) is 6.10. The fourth-order valence-corrected chi connectivity index (χ4v) is 2.62. The third-order valence-corrected chi connectivity index (χ3v) is 4.33. The number of nitrogens with two attached hydrogens (primary N) is 1. The zero-order valence-corrected chi connectivity index (χ0v) is 12.2. The predicted molar refractivity (Wildman–Crippen MR) is 78.2 cm³/mol. The molecule has 3 nitrogen and oxygen atoms in total. The summed E-state index contributed by atoms with van der Waals surface area (Å²) in [4.78, 5) is 11.2. The van der Waals surface area contributed by atoms with Gasteiger partial charge in [0.15, 0.2) is 0 Å². The lowest BCUT2D eigenvalue weighted by molar-refractivity contribution is -0.125.